The van der Waals surface area contributed by atoms with E-state index in [9.17, 15) is 23.2 Å². The van der Waals surface area contributed by atoms with Crippen molar-refractivity contribution in [2.75, 3.05) is 45.3 Å². The second kappa shape index (κ2) is 18.0. The first-order valence-electron chi connectivity index (χ1n) is 17.0. The third-order valence-corrected chi connectivity index (χ3v) is 11.8. The van der Waals surface area contributed by atoms with E-state index < -0.39 is 26.7 Å². The Morgan fingerprint density at radius 3 is 2.56 bits per heavy atom. The maximum atomic E-state index is 12.8. The number of halogens is 1. The summed E-state index contributed by atoms with van der Waals surface area (Å²) in [7, 11) is -4.26. The van der Waals surface area contributed by atoms with Crippen molar-refractivity contribution in [3.8, 4) is 5.88 Å². The number of allylic oxidation sites excluding steroid dienone is 2. The van der Waals surface area contributed by atoms with Gasteiger partial charge >= 0.3 is 22.8 Å². The molecule has 2 fully saturated rings. The number of rotatable bonds is 18. The summed E-state index contributed by atoms with van der Waals surface area (Å²) in [5.41, 5.74) is 2.30. The molecular formula is C36H48ClN3O9S. The van der Waals surface area contributed by atoms with Gasteiger partial charge in [0.25, 0.3) is 9.84 Å². The summed E-state index contributed by atoms with van der Waals surface area (Å²) in [6, 6.07) is 7.28. The normalized spacial score (nSPS) is 22.7. The number of nitrogens with zero attached hydrogens (tertiary/aromatic N) is 3. The Labute approximate surface area is 299 Å². The molecule has 0 radical (unpaired) electrons. The predicted molar refractivity (Wildman–Crippen MR) is 186 cm³/mol. The van der Waals surface area contributed by atoms with Crippen LogP contribution in [0.15, 0.2) is 81.8 Å². The molecule has 1 aromatic heterocycles. The summed E-state index contributed by atoms with van der Waals surface area (Å²) in [5, 5.41) is 14.5. The lowest BCUT2D eigenvalue weighted by atomic mass is 9.61. The summed E-state index contributed by atoms with van der Waals surface area (Å²) in [4.78, 5) is 26.6. The molecule has 12 nitrogen and oxygen atoms in total. The highest BCUT2D eigenvalue weighted by Crippen LogP contribution is 2.49. The van der Waals surface area contributed by atoms with Crippen LogP contribution in [0.25, 0.3) is 0 Å². The number of benzene rings is 1. The van der Waals surface area contributed by atoms with Crippen LogP contribution < -0.4 is 9.64 Å². The highest BCUT2D eigenvalue weighted by molar-refractivity contribution is 7.91. The first kappa shape index (κ1) is 39.1. The second-order valence-corrected chi connectivity index (χ2v) is 15.5. The molecule has 4 rings (SSSR count). The highest BCUT2D eigenvalue weighted by Gasteiger charge is 2.40. The molecule has 1 saturated carbocycles. The van der Waals surface area contributed by atoms with Gasteiger partial charge in [-0.2, -0.15) is 0 Å². The Balaban J connectivity index is 1.11. The number of likely N-dealkylation sites (tertiary alicyclic amines) is 1. The zero-order valence-electron chi connectivity index (χ0n) is 28.7. The van der Waals surface area contributed by atoms with E-state index in [1.807, 2.05) is 0 Å². The minimum Gasteiger partial charge on any atom is -0.465 e. The van der Waals surface area contributed by atoms with Crippen LogP contribution in [0.1, 0.15) is 58.3 Å². The number of alkyl halides is 1. The monoisotopic (exact) mass is 733 g/mol. The summed E-state index contributed by atoms with van der Waals surface area (Å²) in [6.07, 6.45) is 7.44. The van der Waals surface area contributed by atoms with Gasteiger partial charge in [0.1, 0.15) is 13.2 Å². The fourth-order valence-corrected chi connectivity index (χ4v) is 8.27. The SMILES string of the molecule is C=C[C@]1(C)CC[C@@H](C(=C)CN2CCCC(COC(=O)CCCC(=O)OCCOc3no[n+]([O-])c3S(=O)(=O)c3ccccc3)C2)C[C@H]1C(=C)CCl. The van der Waals surface area contributed by atoms with Crippen molar-refractivity contribution in [1.29, 1.82) is 0 Å². The number of esters is 2. The third-order valence-electron chi connectivity index (χ3n) is 9.77. The van der Waals surface area contributed by atoms with E-state index in [4.69, 9.17) is 25.8 Å². The number of sulfone groups is 1. The van der Waals surface area contributed by atoms with Gasteiger partial charge in [0.05, 0.1) is 16.7 Å². The Bertz CT molecular complexity index is 1610. The average Bonchev–Trinajstić information content (AvgIpc) is 3.50. The highest BCUT2D eigenvalue weighted by atomic mass is 35.5. The van der Waals surface area contributed by atoms with Crippen molar-refractivity contribution in [2.24, 2.45) is 23.2 Å². The number of hydrogen-bond acceptors (Lipinski definition) is 11. The number of hydrogen-bond donors (Lipinski definition) is 0. The molecule has 1 aliphatic carbocycles. The molecule has 50 heavy (non-hydrogen) atoms. The van der Waals surface area contributed by atoms with Crippen LogP contribution in [-0.2, 0) is 28.9 Å². The quantitative estimate of drug-likeness (QED) is 0.0632. The number of ether oxygens (including phenoxy) is 3. The molecule has 1 aliphatic heterocycles. The van der Waals surface area contributed by atoms with E-state index in [1.54, 1.807) is 6.07 Å². The van der Waals surface area contributed by atoms with E-state index in [2.05, 4.69) is 47.4 Å². The van der Waals surface area contributed by atoms with Gasteiger partial charge in [0, 0.05) is 37.7 Å². The van der Waals surface area contributed by atoms with Gasteiger partial charge in [-0.25, -0.2) is 8.42 Å². The molecule has 2 aliphatic rings. The molecule has 1 saturated heterocycles. The van der Waals surface area contributed by atoms with Crippen LogP contribution in [0.4, 0.5) is 0 Å². The fraction of sp³-hybridized carbons (Fsp3) is 0.556. The lowest BCUT2D eigenvalue weighted by Gasteiger charge is -2.45. The van der Waals surface area contributed by atoms with Gasteiger partial charge in [-0.05, 0) is 79.4 Å². The standard InChI is InChI=1S/C36H48ClN3O9S/c1-5-36(4)17-16-29(21-31(36)26(2)22-37)27(3)23-39-18-10-11-28(24-39)25-48-33(42)15-9-14-32(41)46-19-20-47-34-35(40(43)49-38-34)50(44,45)30-12-7-6-8-13-30/h5-8,12-13,28-29,31H,1-3,9-11,14-25H2,4H3/t28?,29-,31+,36-/m1/s1. The van der Waals surface area contributed by atoms with Gasteiger partial charge in [0.2, 0.25) is 0 Å². The molecule has 0 amide bonds. The van der Waals surface area contributed by atoms with Crippen LogP contribution in [0.2, 0.25) is 0 Å². The number of carbonyl (C=O) groups is 2. The third kappa shape index (κ3) is 10.2. The van der Waals surface area contributed by atoms with Crippen LogP contribution in [0.5, 0.6) is 5.88 Å². The Kier molecular flexibility index (Phi) is 14.1. The van der Waals surface area contributed by atoms with Gasteiger partial charge in [0.15, 0.2) is 0 Å². The van der Waals surface area contributed by atoms with E-state index in [0.717, 1.165) is 57.3 Å². The van der Waals surface area contributed by atoms with Crippen LogP contribution in [-0.4, -0.2) is 75.7 Å². The summed E-state index contributed by atoms with van der Waals surface area (Å²) >= 11 is 6.18. The van der Waals surface area contributed by atoms with Crippen molar-refractivity contribution >= 4 is 33.4 Å². The number of carbonyl (C=O) groups excluding carboxylic acids is 2. The molecule has 0 N–H and O–H groups in total. The lowest BCUT2D eigenvalue weighted by Crippen LogP contribution is -2.40. The molecule has 2 heterocycles. The minimum absolute atomic E-state index is 0.00370. The Morgan fingerprint density at radius 2 is 1.86 bits per heavy atom. The molecule has 14 heteroatoms. The van der Waals surface area contributed by atoms with Gasteiger partial charge < -0.3 is 19.4 Å². The largest absolute Gasteiger partial charge is 0.465 e. The Morgan fingerprint density at radius 1 is 1.14 bits per heavy atom. The van der Waals surface area contributed by atoms with E-state index in [0.29, 0.717) is 18.4 Å². The maximum Gasteiger partial charge on any atom is 0.415 e. The van der Waals surface area contributed by atoms with Crippen molar-refractivity contribution < 1.29 is 41.7 Å². The zero-order chi connectivity index (χ0) is 36.3. The van der Waals surface area contributed by atoms with Crippen molar-refractivity contribution in [3.63, 3.8) is 0 Å². The van der Waals surface area contributed by atoms with E-state index >= 15 is 0 Å². The second-order valence-electron chi connectivity index (χ2n) is 13.4. The number of aromatic nitrogens is 2. The van der Waals surface area contributed by atoms with Crippen LogP contribution in [0.3, 0.4) is 0 Å². The van der Waals surface area contributed by atoms with Crippen molar-refractivity contribution in [2.45, 2.75) is 68.2 Å². The first-order chi connectivity index (χ1) is 23.9. The molecule has 4 atom stereocenters. The van der Waals surface area contributed by atoms with Gasteiger partial charge in [-0.1, -0.05) is 55.5 Å². The molecule has 0 bridgehead atoms. The van der Waals surface area contributed by atoms with Crippen LogP contribution >= 0.6 is 11.6 Å². The first-order valence-corrected chi connectivity index (χ1v) is 19.0. The predicted octanol–water partition coefficient (Wildman–Crippen LogP) is 5.45. The Hall–Kier alpha value is -3.68. The maximum absolute atomic E-state index is 12.8. The topological polar surface area (TPSA) is 152 Å². The smallest absolute Gasteiger partial charge is 0.415 e. The summed E-state index contributed by atoms with van der Waals surface area (Å²) in [5.74, 6) is -0.106. The number of piperidine rings is 1. The molecular weight excluding hydrogens is 686 g/mol. The molecule has 2 aromatic rings. The molecule has 1 aromatic carbocycles. The van der Waals surface area contributed by atoms with E-state index in [1.165, 1.54) is 29.8 Å². The fourth-order valence-electron chi connectivity index (χ4n) is 6.79. The van der Waals surface area contributed by atoms with Crippen LogP contribution in [0, 0.1) is 28.4 Å². The zero-order valence-corrected chi connectivity index (χ0v) is 30.3. The molecule has 1 unspecified atom stereocenters. The summed E-state index contributed by atoms with van der Waals surface area (Å²) < 4.78 is 46.0. The average molecular weight is 734 g/mol. The molecule has 0 spiro atoms. The molecule has 274 valence electrons. The minimum atomic E-state index is -4.26. The van der Waals surface area contributed by atoms with Gasteiger partial charge in [-0.15, -0.1) is 18.2 Å². The lowest BCUT2D eigenvalue weighted by molar-refractivity contribution is -0.832. The van der Waals surface area contributed by atoms with Crippen molar-refractivity contribution in [1.82, 2.24) is 10.1 Å². The van der Waals surface area contributed by atoms with Crippen molar-refractivity contribution in [3.05, 3.63) is 72.5 Å². The summed E-state index contributed by atoms with van der Waals surface area (Å²) in [6.45, 7) is 17.5. The van der Waals surface area contributed by atoms with Gasteiger partial charge in [-0.3, -0.25) is 19.1 Å². The van der Waals surface area contributed by atoms with E-state index in [-0.39, 0.29) is 65.5 Å².